The van der Waals surface area contributed by atoms with Crippen LogP contribution in [0.4, 0.5) is 0 Å². The summed E-state index contributed by atoms with van der Waals surface area (Å²) in [7, 11) is 0. The summed E-state index contributed by atoms with van der Waals surface area (Å²) >= 11 is 0. The second kappa shape index (κ2) is 6.79. The third-order valence-electron chi connectivity index (χ3n) is 5.55. The second-order valence-corrected chi connectivity index (χ2v) is 7.75. The molecular weight excluding hydrogens is 316 g/mol. The van der Waals surface area contributed by atoms with Gasteiger partial charge in [-0.1, -0.05) is 12.1 Å². The molecule has 1 aromatic carbocycles. The number of rotatable bonds is 6. The Labute approximate surface area is 148 Å². The third kappa shape index (κ3) is 3.87. The minimum absolute atomic E-state index is 0.0155. The molecule has 3 aliphatic rings. The average molecular weight is 342 g/mol. The van der Waals surface area contributed by atoms with Gasteiger partial charge in [-0.25, -0.2) is 0 Å². The first kappa shape index (κ1) is 16.6. The maximum Gasteiger partial charge on any atom is 0.251 e. The van der Waals surface area contributed by atoms with E-state index in [9.17, 15) is 14.7 Å². The number of carbonyl (C=O) groups is 2. The molecular formula is C20H26N2O3. The normalized spacial score (nSPS) is 25.6. The second-order valence-electron chi connectivity index (χ2n) is 7.75. The lowest BCUT2D eigenvalue weighted by atomic mass is 10.0. The summed E-state index contributed by atoms with van der Waals surface area (Å²) in [6.07, 6.45) is 6.24. The van der Waals surface area contributed by atoms with E-state index in [0.29, 0.717) is 24.2 Å². The van der Waals surface area contributed by atoms with Crippen LogP contribution < -0.4 is 5.32 Å². The van der Waals surface area contributed by atoms with E-state index in [4.69, 9.17) is 0 Å². The molecule has 0 radical (unpaired) electrons. The zero-order valence-electron chi connectivity index (χ0n) is 14.5. The smallest absolute Gasteiger partial charge is 0.251 e. The fourth-order valence-electron chi connectivity index (χ4n) is 3.67. The van der Waals surface area contributed by atoms with Crippen molar-refractivity contribution < 1.29 is 14.7 Å². The van der Waals surface area contributed by atoms with Crippen molar-refractivity contribution in [2.75, 3.05) is 0 Å². The Kier molecular flexibility index (Phi) is 4.50. The summed E-state index contributed by atoms with van der Waals surface area (Å²) in [4.78, 5) is 26.9. The molecule has 0 aliphatic heterocycles. The first-order valence-corrected chi connectivity index (χ1v) is 9.50. The SMILES string of the molecule is O=C(NC1CC1)c1ccc(CN(C(=O)[C@@H]2CCC[C@H]2O)C2CC2)cc1. The molecule has 3 saturated carbocycles. The van der Waals surface area contributed by atoms with Crippen molar-refractivity contribution >= 4 is 11.8 Å². The molecule has 3 aliphatic carbocycles. The van der Waals surface area contributed by atoms with Gasteiger partial charge in [-0.05, 0) is 62.6 Å². The highest BCUT2D eigenvalue weighted by Crippen LogP contribution is 2.34. The number of nitrogens with one attached hydrogen (secondary N) is 1. The van der Waals surface area contributed by atoms with Crippen LogP contribution >= 0.6 is 0 Å². The van der Waals surface area contributed by atoms with E-state index in [1.807, 2.05) is 29.2 Å². The quantitative estimate of drug-likeness (QED) is 0.833. The predicted molar refractivity (Wildman–Crippen MR) is 93.9 cm³/mol. The Morgan fingerprint density at radius 1 is 1.04 bits per heavy atom. The van der Waals surface area contributed by atoms with Crippen molar-refractivity contribution in [3.05, 3.63) is 35.4 Å². The minimum atomic E-state index is -0.484. The van der Waals surface area contributed by atoms with Crippen molar-refractivity contribution in [3.8, 4) is 0 Å². The van der Waals surface area contributed by atoms with Crippen LogP contribution in [0.15, 0.2) is 24.3 Å². The lowest BCUT2D eigenvalue weighted by Gasteiger charge is -2.27. The van der Waals surface area contributed by atoms with Crippen molar-refractivity contribution in [2.45, 2.75) is 69.7 Å². The molecule has 2 atom stereocenters. The molecule has 25 heavy (non-hydrogen) atoms. The first-order valence-electron chi connectivity index (χ1n) is 9.50. The molecule has 3 fully saturated rings. The topological polar surface area (TPSA) is 69.6 Å². The van der Waals surface area contributed by atoms with Gasteiger partial charge in [0.1, 0.15) is 0 Å². The Balaban J connectivity index is 1.41. The summed E-state index contributed by atoms with van der Waals surface area (Å²) < 4.78 is 0. The van der Waals surface area contributed by atoms with E-state index in [0.717, 1.165) is 50.5 Å². The first-order chi connectivity index (χ1) is 12.1. The van der Waals surface area contributed by atoms with Crippen LogP contribution in [-0.2, 0) is 11.3 Å². The number of carbonyl (C=O) groups excluding carboxylic acids is 2. The van der Waals surface area contributed by atoms with Crippen LogP contribution in [0.1, 0.15) is 60.9 Å². The molecule has 0 aromatic heterocycles. The third-order valence-corrected chi connectivity index (χ3v) is 5.55. The summed E-state index contributed by atoms with van der Waals surface area (Å²) in [5, 5.41) is 13.0. The van der Waals surface area contributed by atoms with Crippen LogP contribution in [0.25, 0.3) is 0 Å². The minimum Gasteiger partial charge on any atom is -0.392 e. The molecule has 2 N–H and O–H groups in total. The molecule has 4 rings (SSSR count). The highest BCUT2D eigenvalue weighted by molar-refractivity contribution is 5.94. The highest BCUT2D eigenvalue weighted by Gasteiger charge is 2.40. The molecule has 0 saturated heterocycles. The van der Waals surface area contributed by atoms with Crippen LogP contribution in [0, 0.1) is 5.92 Å². The molecule has 134 valence electrons. The van der Waals surface area contributed by atoms with Crippen LogP contribution in [0.5, 0.6) is 0 Å². The zero-order valence-corrected chi connectivity index (χ0v) is 14.5. The lowest BCUT2D eigenvalue weighted by Crippen LogP contribution is -2.40. The molecule has 5 heteroatoms. The molecule has 0 unspecified atom stereocenters. The molecule has 1 aromatic rings. The number of nitrogens with zero attached hydrogens (tertiary/aromatic N) is 1. The van der Waals surface area contributed by atoms with E-state index in [1.54, 1.807) is 0 Å². The number of aliphatic hydroxyl groups excluding tert-OH is 1. The largest absolute Gasteiger partial charge is 0.392 e. The predicted octanol–water partition coefficient (Wildman–Crippen LogP) is 2.23. The van der Waals surface area contributed by atoms with E-state index in [1.165, 1.54) is 0 Å². The number of hydrogen-bond donors (Lipinski definition) is 2. The van der Waals surface area contributed by atoms with Gasteiger partial charge in [0.2, 0.25) is 5.91 Å². The standard InChI is InChI=1S/C20H26N2O3/c23-18-3-1-2-17(18)20(25)22(16-10-11-16)12-13-4-6-14(7-5-13)19(24)21-15-8-9-15/h4-7,15-18,23H,1-3,8-12H2,(H,21,24)/t17-,18-/m1/s1. The van der Waals surface area contributed by atoms with Gasteiger partial charge in [0.15, 0.2) is 0 Å². The summed E-state index contributed by atoms with van der Waals surface area (Å²) in [6, 6.07) is 8.23. The van der Waals surface area contributed by atoms with Crippen molar-refractivity contribution in [1.82, 2.24) is 10.2 Å². The van der Waals surface area contributed by atoms with Gasteiger partial charge >= 0.3 is 0 Å². The van der Waals surface area contributed by atoms with Gasteiger partial charge in [-0.2, -0.15) is 0 Å². The van der Waals surface area contributed by atoms with Crippen LogP contribution in [0.2, 0.25) is 0 Å². The molecule has 0 heterocycles. The molecule has 0 bridgehead atoms. The van der Waals surface area contributed by atoms with Crippen molar-refractivity contribution in [3.63, 3.8) is 0 Å². The maximum atomic E-state index is 12.8. The summed E-state index contributed by atoms with van der Waals surface area (Å²) in [5.41, 5.74) is 1.71. The van der Waals surface area contributed by atoms with Crippen LogP contribution in [-0.4, -0.2) is 40.0 Å². The maximum absolute atomic E-state index is 12.8. The van der Waals surface area contributed by atoms with Gasteiger partial charge < -0.3 is 15.3 Å². The van der Waals surface area contributed by atoms with Crippen LogP contribution in [0.3, 0.4) is 0 Å². The Morgan fingerprint density at radius 2 is 1.76 bits per heavy atom. The zero-order chi connectivity index (χ0) is 17.4. The van der Waals surface area contributed by atoms with E-state index in [-0.39, 0.29) is 17.7 Å². The number of hydrogen-bond acceptors (Lipinski definition) is 3. The molecule has 2 amide bonds. The van der Waals surface area contributed by atoms with E-state index in [2.05, 4.69) is 5.32 Å². The fraction of sp³-hybridized carbons (Fsp3) is 0.600. The van der Waals surface area contributed by atoms with Crippen molar-refractivity contribution in [1.29, 1.82) is 0 Å². The Bertz CT molecular complexity index is 649. The van der Waals surface area contributed by atoms with E-state index < -0.39 is 6.10 Å². The van der Waals surface area contributed by atoms with Gasteiger partial charge in [0, 0.05) is 24.2 Å². The summed E-state index contributed by atoms with van der Waals surface area (Å²) in [6.45, 7) is 0.567. The fourth-order valence-corrected chi connectivity index (χ4v) is 3.67. The average Bonchev–Trinajstić information content (AvgIpc) is 3.53. The van der Waals surface area contributed by atoms with Gasteiger partial charge in [0.25, 0.3) is 5.91 Å². The number of benzene rings is 1. The van der Waals surface area contributed by atoms with Gasteiger partial charge in [-0.3, -0.25) is 9.59 Å². The van der Waals surface area contributed by atoms with Crippen molar-refractivity contribution in [2.24, 2.45) is 5.92 Å². The Morgan fingerprint density at radius 3 is 2.32 bits per heavy atom. The Hall–Kier alpha value is -1.88. The summed E-state index contributed by atoms with van der Waals surface area (Å²) in [5.74, 6) is -0.148. The molecule has 0 spiro atoms. The lowest BCUT2D eigenvalue weighted by molar-refractivity contribution is -0.139. The van der Waals surface area contributed by atoms with Gasteiger partial charge in [0.05, 0.1) is 12.0 Å². The number of aliphatic hydroxyl groups is 1. The monoisotopic (exact) mass is 342 g/mol. The molecule has 5 nitrogen and oxygen atoms in total. The van der Waals surface area contributed by atoms with E-state index >= 15 is 0 Å². The van der Waals surface area contributed by atoms with Gasteiger partial charge in [-0.15, -0.1) is 0 Å². The highest BCUT2D eigenvalue weighted by atomic mass is 16.3. The number of amides is 2.